The molecule has 0 fully saturated rings. The third-order valence-electron chi connectivity index (χ3n) is 1.02. The van der Waals surface area contributed by atoms with Crippen LogP contribution in [-0.4, -0.2) is 12.4 Å². The van der Waals surface area contributed by atoms with Gasteiger partial charge in [0, 0.05) is 0 Å². The van der Waals surface area contributed by atoms with Crippen LogP contribution in [0.5, 0.6) is 0 Å². The summed E-state index contributed by atoms with van der Waals surface area (Å²) in [5.41, 5.74) is 0. The van der Waals surface area contributed by atoms with Gasteiger partial charge in [-0.15, -0.1) is 0 Å². The Hall–Kier alpha value is 0.0200. The molecule has 0 unspecified atom stereocenters. The maximum absolute atomic E-state index is 11.9. The summed E-state index contributed by atoms with van der Waals surface area (Å²) >= 11 is 19.1. The van der Waals surface area contributed by atoms with E-state index in [1.807, 2.05) is 0 Å². The van der Waals surface area contributed by atoms with E-state index in [-0.39, 0.29) is 0 Å². The van der Waals surface area contributed by atoms with Crippen molar-refractivity contribution in [1.29, 1.82) is 0 Å². The molecule has 0 saturated heterocycles. The van der Waals surface area contributed by atoms with Crippen molar-refractivity contribution in [2.45, 2.75) is 12.4 Å². The Balaban J connectivity index is 5.13. The van der Waals surface area contributed by atoms with Crippen LogP contribution in [0.2, 0.25) is 0 Å². The first-order chi connectivity index (χ1) is 7.37. The van der Waals surface area contributed by atoms with Gasteiger partial charge in [0.25, 0.3) is 0 Å². The molecule has 17 heavy (non-hydrogen) atoms. The zero-order chi connectivity index (χ0) is 14.0. The van der Waals surface area contributed by atoms with Crippen molar-refractivity contribution < 1.29 is 31.1 Å². The zero-order valence-electron chi connectivity index (χ0n) is 7.19. The molecule has 100 valence electrons. The highest BCUT2D eigenvalue weighted by Crippen LogP contribution is 2.38. The molecule has 0 aromatic carbocycles. The molecule has 0 saturated carbocycles. The van der Waals surface area contributed by atoms with E-state index in [1.165, 1.54) is 0 Å². The maximum atomic E-state index is 11.9. The standard InChI is InChI=1S/C6Cl4F6O/c7-1(5(11,12)13)3(9)17-4(10)2(8)6(14,15)16. The van der Waals surface area contributed by atoms with Gasteiger partial charge in [-0.2, -0.15) is 26.3 Å². The number of halogens is 10. The van der Waals surface area contributed by atoms with Crippen LogP contribution < -0.4 is 0 Å². The Morgan fingerprint density at radius 2 is 0.882 bits per heavy atom. The fourth-order valence-electron chi connectivity index (χ4n) is 0.391. The molecule has 0 aliphatic rings. The highest BCUT2D eigenvalue weighted by atomic mass is 35.5. The third kappa shape index (κ3) is 5.46. The lowest BCUT2D eigenvalue weighted by Crippen LogP contribution is -2.11. The van der Waals surface area contributed by atoms with E-state index >= 15 is 0 Å². The van der Waals surface area contributed by atoms with Crippen LogP contribution in [0.15, 0.2) is 20.5 Å². The van der Waals surface area contributed by atoms with E-state index in [0.717, 1.165) is 0 Å². The van der Waals surface area contributed by atoms with Gasteiger partial charge >= 0.3 is 12.4 Å². The highest BCUT2D eigenvalue weighted by molar-refractivity contribution is 6.41. The Morgan fingerprint density at radius 1 is 0.647 bits per heavy atom. The van der Waals surface area contributed by atoms with E-state index in [2.05, 4.69) is 27.9 Å². The molecule has 0 aromatic rings. The summed E-state index contributed by atoms with van der Waals surface area (Å²) in [4.78, 5) is 0. The Bertz CT molecular complexity index is 320. The van der Waals surface area contributed by atoms with Gasteiger partial charge in [0.2, 0.25) is 10.4 Å². The molecule has 0 aliphatic heterocycles. The van der Waals surface area contributed by atoms with Gasteiger partial charge in [-0.05, 0) is 23.2 Å². The van der Waals surface area contributed by atoms with Crippen LogP contribution >= 0.6 is 46.4 Å². The van der Waals surface area contributed by atoms with Gasteiger partial charge in [-0.3, -0.25) is 0 Å². The van der Waals surface area contributed by atoms with E-state index in [9.17, 15) is 26.3 Å². The van der Waals surface area contributed by atoms with Gasteiger partial charge < -0.3 is 4.74 Å². The second kappa shape index (κ2) is 5.77. The smallest absolute Gasteiger partial charge is 0.430 e. The van der Waals surface area contributed by atoms with Gasteiger partial charge in [0.05, 0.1) is 0 Å². The summed E-state index contributed by atoms with van der Waals surface area (Å²) in [6, 6.07) is 0. The van der Waals surface area contributed by atoms with Crippen molar-refractivity contribution in [3.63, 3.8) is 0 Å². The minimum Gasteiger partial charge on any atom is -0.430 e. The lowest BCUT2D eigenvalue weighted by molar-refractivity contribution is -0.0876. The summed E-state index contributed by atoms with van der Waals surface area (Å²) in [6.07, 6.45) is -10.2. The molecule has 0 radical (unpaired) electrons. The maximum Gasteiger partial charge on any atom is 0.431 e. The monoisotopic (exact) mass is 342 g/mol. The number of ether oxygens (including phenoxy) is 1. The van der Waals surface area contributed by atoms with E-state index in [4.69, 9.17) is 23.2 Å². The molecule has 0 aromatic heterocycles. The number of allylic oxidation sites excluding steroid dienone is 2. The van der Waals surface area contributed by atoms with Gasteiger partial charge in [0.1, 0.15) is 0 Å². The molecule has 1 nitrogen and oxygen atoms in total. The average Bonchev–Trinajstić information content (AvgIpc) is 2.12. The highest BCUT2D eigenvalue weighted by Gasteiger charge is 2.39. The molecule has 11 heteroatoms. The average molecular weight is 344 g/mol. The van der Waals surface area contributed by atoms with Crippen LogP contribution in [0.25, 0.3) is 0 Å². The number of alkyl halides is 6. The second-order valence-electron chi connectivity index (χ2n) is 2.27. The Kier molecular flexibility index (Phi) is 5.78. The predicted molar refractivity (Wildman–Crippen MR) is 50.7 cm³/mol. The van der Waals surface area contributed by atoms with Crippen LogP contribution in [0.3, 0.4) is 0 Å². The molecule has 0 amide bonds. The molecule has 0 rings (SSSR count). The van der Waals surface area contributed by atoms with Gasteiger partial charge in [0.15, 0.2) is 10.1 Å². The van der Waals surface area contributed by atoms with Crippen molar-refractivity contribution >= 4 is 46.4 Å². The fourth-order valence-corrected chi connectivity index (χ4v) is 0.876. The van der Waals surface area contributed by atoms with E-state index in [0.29, 0.717) is 0 Å². The first-order valence-electron chi connectivity index (χ1n) is 3.30. The number of hydrogen-bond acceptors (Lipinski definition) is 1. The molecule has 0 atom stereocenters. The van der Waals surface area contributed by atoms with Crippen molar-refractivity contribution in [2.75, 3.05) is 0 Å². The molecule has 0 heterocycles. The topological polar surface area (TPSA) is 9.23 Å². The predicted octanol–water partition coefficient (Wildman–Crippen LogP) is 5.42. The van der Waals surface area contributed by atoms with E-state index in [1.54, 1.807) is 0 Å². The summed E-state index contributed by atoms with van der Waals surface area (Å²) in [7, 11) is 0. The summed E-state index contributed by atoms with van der Waals surface area (Å²) in [5.74, 6) is 0. The fraction of sp³-hybridized carbons (Fsp3) is 0.333. The summed E-state index contributed by atoms with van der Waals surface area (Å²) in [5, 5.41) is -7.09. The van der Waals surface area contributed by atoms with Crippen LogP contribution in [-0.2, 0) is 4.74 Å². The molecule has 0 bridgehead atoms. The van der Waals surface area contributed by atoms with Crippen molar-refractivity contribution in [3.05, 3.63) is 20.5 Å². The molecular weight excluding hydrogens is 344 g/mol. The second-order valence-corrected chi connectivity index (χ2v) is 3.72. The first-order valence-corrected chi connectivity index (χ1v) is 4.81. The lowest BCUT2D eigenvalue weighted by Gasteiger charge is -2.10. The van der Waals surface area contributed by atoms with E-state index < -0.39 is 32.9 Å². The summed E-state index contributed by atoms with van der Waals surface area (Å²) < 4.78 is 75.3. The number of hydrogen-bond donors (Lipinski definition) is 0. The van der Waals surface area contributed by atoms with Crippen LogP contribution in [0.4, 0.5) is 26.3 Å². The van der Waals surface area contributed by atoms with Crippen molar-refractivity contribution in [1.82, 2.24) is 0 Å². The van der Waals surface area contributed by atoms with Crippen LogP contribution in [0, 0.1) is 0 Å². The minimum atomic E-state index is -5.08. The largest absolute Gasteiger partial charge is 0.431 e. The van der Waals surface area contributed by atoms with Gasteiger partial charge in [-0.1, -0.05) is 23.2 Å². The zero-order valence-corrected chi connectivity index (χ0v) is 10.2. The normalized spacial score (nSPS) is 16.4. The van der Waals surface area contributed by atoms with Gasteiger partial charge in [-0.25, -0.2) is 0 Å². The quantitative estimate of drug-likeness (QED) is 0.480. The minimum absolute atomic E-state index is 1.58. The third-order valence-corrected chi connectivity index (χ3v) is 2.52. The SMILES string of the molecule is FC(F)(F)C(Cl)=C(Cl)OC(Cl)=C(Cl)C(F)(F)F. The van der Waals surface area contributed by atoms with Crippen LogP contribution in [0.1, 0.15) is 0 Å². The Morgan fingerprint density at radius 3 is 1.06 bits per heavy atom. The molecular formula is C6Cl4F6O. The first kappa shape index (κ1) is 17.0. The van der Waals surface area contributed by atoms with Crippen molar-refractivity contribution in [3.8, 4) is 0 Å². The molecule has 0 spiro atoms. The molecule has 0 aliphatic carbocycles. The summed E-state index contributed by atoms with van der Waals surface area (Å²) in [6.45, 7) is 0. The van der Waals surface area contributed by atoms with Crippen molar-refractivity contribution in [2.24, 2.45) is 0 Å². The molecule has 0 N–H and O–H groups in total. The Labute approximate surface area is 111 Å². The lowest BCUT2D eigenvalue weighted by atomic mass is 10.6. The number of rotatable bonds is 2.